The molecule has 0 aromatic heterocycles. The Morgan fingerprint density at radius 3 is 2.54 bits per heavy atom. The van der Waals surface area contributed by atoms with Gasteiger partial charge in [0.2, 0.25) is 0 Å². The molecule has 1 fully saturated rings. The molecule has 2 N–H and O–H groups in total. The number of nitrogens with one attached hydrogen (secondary N) is 2. The van der Waals surface area contributed by atoms with Crippen LogP contribution in [0.25, 0.3) is 0 Å². The van der Waals surface area contributed by atoms with Gasteiger partial charge in [-0.25, -0.2) is 4.79 Å². The van der Waals surface area contributed by atoms with Gasteiger partial charge in [-0.05, 0) is 45.4 Å². The number of carbonyl (C=O) groups excluding carboxylic acids is 2. The van der Waals surface area contributed by atoms with Crippen molar-refractivity contribution in [3.05, 3.63) is 35.4 Å². The number of hydrogen-bond donors (Lipinski definition) is 2. The van der Waals surface area contributed by atoms with Gasteiger partial charge < -0.3 is 20.3 Å². The van der Waals surface area contributed by atoms with E-state index in [0.29, 0.717) is 25.2 Å². The maximum Gasteiger partial charge on any atom is 0.317 e. The van der Waals surface area contributed by atoms with Gasteiger partial charge in [-0.3, -0.25) is 4.79 Å². The number of morpholine rings is 1. The SMILES string of the molecule is CC(C)NC(=O)c1cccc(CNC(=O)N2CC(C)OC(C)C2)c1. The van der Waals surface area contributed by atoms with E-state index in [1.807, 2.05) is 45.9 Å². The Morgan fingerprint density at radius 1 is 1.25 bits per heavy atom. The average molecular weight is 333 g/mol. The van der Waals surface area contributed by atoms with Gasteiger partial charge in [0.1, 0.15) is 0 Å². The largest absolute Gasteiger partial charge is 0.372 e. The zero-order valence-corrected chi connectivity index (χ0v) is 14.8. The summed E-state index contributed by atoms with van der Waals surface area (Å²) in [7, 11) is 0. The molecule has 132 valence electrons. The fourth-order valence-electron chi connectivity index (χ4n) is 2.80. The third kappa shape index (κ3) is 5.23. The number of hydrogen-bond acceptors (Lipinski definition) is 3. The normalized spacial score (nSPS) is 20.8. The number of nitrogens with zero attached hydrogens (tertiary/aromatic N) is 1. The minimum atomic E-state index is -0.103. The molecule has 1 aliphatic rings. The topological polar surface area (TPSA) is 70.7 Å². The van der Waals surface area contributed by atoms with Gasteiger partial charge in [0.05, 0.1) is 12.2 Å². The Labute approximate surface area is 143 Å². The van der Waals surface area contributed by atoms with Crippen LogP contribution in [-0.4, -0.2) is 48.2 Å². The standard InChI is InChI=1S/C18H27N3O3/c1-12(2)20-17(22)16-7-5-6-15(8-16)9-19-18(23)21-10-13(3)24-14(4)11-21/h5-8,12-14H,9-11H2,1-4H3,(H,19,23)(H,20,22). The molecule has 24 heavy (non-hydrogen) atoms. The lowest BCUT2D eigenvalue weighted by atomic mass is 10.1. The van der Waals surface area contributed by atoms with E-state index in [9.17, 15) is 9.59 Å². The van der Waals surface area contributed by atoms with Crippen LogP contribution < -0.4 is 10.6 Å². The summed E-state index contributed by atoms with van der Waals surface area (Å²) in [5.41, 5.74) is 1.50. The molecule has 0 aliphatic carbocycles. The van der Waals surface area contributed by atoms with E-state index in [0.717, 1.165) is 5.56 Å². The van der Waals surface area contributed by atoms with Crippen molar-refractivity contribution in [2.24, 2.45) is 0 Å². The van der Waals surface area contributed by atoms with Gasteiger partial charge in [0.15, 0.2) is 0 Å². The summed E-state index contributed by atoms with van der Waals surface area (Å²) in [5, 5.41) is 5.78. The molecule has 0 radical (unpaired) electrons. The zero-order chi connectivity index (χ0) is 17.7. The van der Waals surface area contributed by atoms with Crippen LogP contribution in [0.5, 0.6) is 0 Å². The number of benzene rings is 1. The highest BCUT2D eigenvalue weighted by atomic mass is 16.5. The van der Waals surface area contributed by atoms with Crippen molar-refractivity contribution >= 4 is 11.9 Å². The summed E-state index contributed by atoms with van der Waals surface area (Å²) in [5.74, 6) is -0.103. The summed E-state index contributed by atoms with van der Waals surface area (Å²) in [6, 6.07) is 7.30. The monoisotopic (exact) mass is 333 g/mol. The van der Waals surface area contributed by atoms with Crippen molar-refractivity contribution in [3.8, 4) is 0 Å². The number of amides is 3. The second-order valence-electron chi connectivity index (χ2n) is 6.65. The van der Waals surface area contributed by atoms with E-state index >= 15 is 0 Å². The molecule has 1 aliphatic heterocycles. The molecule has 6 heteroatoms. The van der Waals surface area contributed by atoms with Crippen LogP contribution in [0.3, 0.4) is 0 Å². The Bertz CT molecular complexity index is 579. The van der Waals surface area contributed by atoms with E-state index in [2.05, 4.69) is 10.6 Å². The Hall–Kier alpha value is -2.08. The summed E-state index contributed by atoms with van der Waals surface area (Å²) >= 11 is 0. The predicted octanol–water partition coefficient (Wildman–Crippen LogP) is 2.14. The molecule has 2 atom stereocenters. The Kier molecular flexibility index (Phi) is 6.20. The fraction of sp³-hybridized carbons (Fsp3) is 0.556. The van der Waals surface area contributed by atoms with E-state index in [-0.39, 0.29) is 30.2 Å². The van der Waals surface area contributed by atoms with Crippen molar-refractivity contribution in [2.75, 3.05) is 13.1 Å². The number of carbonyl (C=O) groups is 2. The van der Waals surface area contributed by atoms with Crippen LogP contribution in [0, 0.1) is 0 Å². The van der Waals surface area contributed by atoms with Gasteiger partial charge in [-0.1, -0.05) is 12.1 Å². The molecule has 0 spiro atoms. The molecule has 2 rings (SSSR count). The highest BCUT2D eigenvalue weighted by Gasteiger charge is 2.25. The van der Waals surface area contributed by atoms with Gasteiger partial charge in [0.25, 0.3) is 5.91 Å². The van der Waals surface area contributed by atoms with Crippen LogP contribution >= 0.6 is 0 Å². The molecular weight excluding hydrogens is 306 g/mol. The quantitative estimate of drug-likeness (QED) is 0.887. The lowest BCUT2D eigenvalue weighted by Crippen LogP contribution is -2.51. The minimum absolute atomic E-state index is 0.0440. The van der Waals surface area contributed by atoms with Crippen molar-refractivity contribution in [3.63, 3.8) is 0 Å². The van der Waals surface area contributed by atoms with E-state index < -0.39 is 0 Å². The summed E-state index contributed by atoms with van der Waals surface area (Å²) < 4.78 is 5.64. The van der Waals surface area contributed by atoms with Crippen molar-refractivity contribution < 1.29 is 14.3 Å². The van der Waals surface area contributed by atoms with Crippen LogP contribution in [0.1, 0.15) is 43.6 Å². The van der Waals surface area contributed by atoms with Gasteiger partial charge in [0, 0.05) is 31.2 Å². The molecule has 1 saturated heterocycles. The summed E-state index contributed by atoms with van der Waals surface area (Å²) in [6.45, 7) is 9.35. The molecule has 0 saturated carbocycles. The Morgan fingerprint density at radius 2 is 1.92 bits per heavy atom. The first kappa shape index (κ1) is 18.3. The summed E-state index contributed by atoms with van der Waals surface area (Å²) in [4.78, 5) is 26.1. The molecule has 1 heterocycles. The molecular formula is C18H27N3O3. The van der Waals surface area contributed by atoms with Crippen LogP contribution in [0.4, 0.5) is 4.79 Å². The van der Waals surface area contributed by atoms with E-state index in [1.54, 1.807) is 11.0 Å². The first-order chi connectivity index (χ1) is 11.3. The minimum Gasteiger partial charge on any atom is -0.372 e. The van der Waals surface area contributed by atoms with E-state index in [1.165, 1.54) is 0 Å². The van der Waals surface area contributed by atoms with Crippen molar-refractivity contribution in [1.82, 2.24) is 15.5 Å². The maximum atomic E-state index is 12.3. The van der Waals surface area contributed by atoms with Crippen molar-refractivity contribution in [1.29, 1.82) is 0 Å². The highest BCUT2D eigenvalue weighted by molar-refractivity contribution is 5.94. The molecule has 1 aromatic carbocycles. The number of urea groups is 1. The number of rotatable bonds is 4. The second-order valence-corrected chi connectivity index (χ2v) is 6.65. The lowest BCUT2D eigenvalue weighted by Gasteiger charge is -2.35. The molecule has 2 unspecified atom stereocenters. The first-order valence-corrected chi connectivity index (χ1v) is 8.43. The van der Waals surface area contributed by atoms with Crippen molar-refractivity contribution in [2.45, 2.75) is 52.5 Å². The average Bonchev–Trinajstić information content (AvgIpc) is 2.51. The predicted molar refractivity (Wildman–Crippen MR) is 92.9 cm³/mol. The van der Waals surface area contributed by atoms with Crippen LogP contribution in [0.15, 0.2) is 24.3 Å². The van der Waals surface area contributed by atoms with Gasteiger partial charge in [-0.2, -0.15) is 0 Å². The maximum absolute atomic E-state index is 12.3. The second kappa shape index (κ2) is 8.15. The van der Waals surface area contributed by atoms with E-state index in [4.69, 9.17) is 4.74 Å². The third-order valence-electron chi connectivity index (χ3n) is 3.76. The van der Waals surface area contributed by atoms with Gasteiger partial charge >= 0.3 is 6.03 Å². The molecule has 0 bridgehead atoms. The highest BCUT2D eigenvalue weighted by Crippen LogP contribution is 2.11. The zero-order valence-electron chi connectivity index (χ0n) is 14.8. The Balaban J connectivity index is 1.92. The summed E-state index contributed by atoms with van der Waals surface area (Å²) in [6.07, 6.45) is 0.0881. The van der Waals surface area contributed by atoms with Crippen LogP contribution in [-0.2, 0) is 11.3 Å². The van der Waals surface area contributed by atoms with Gasteiger partial charge in [-0.15, -0.1) is 0 Å². The van der Waals surface area contributed by atoms with Crippen LogP contribution in [0.2, 0.25) is 0 Å². The third-order valence-corrected chi connectivity index (χ3v) is 3.76. The smallest absolute Gasteiger partial charge is 0.317 e. The lowest BCUT2D eigenvalue weighted by molar-refractivity contribution is -0.0545. The fourth-order valence-corrected chi connectivity index (χ4v) is 2.80. The number of ether oxygens (including phenoxy) is 1. The molecule has 1 aromatic rings. The first-order valence-electron chi connectivity index (χ1n) is 8.43. The molecule has 6 nitrogen and oxygen atoms in total. The molecule has 3 amide bonds.